The normalized spacial score (nSPS) is 24.4. The molecule has 0 aromatic heterocycles. The van der Waals surface area contributed by atoms with Gasteiger partial charge in [-0.25, -0.2) is 0 Å². The van der Waals surface area contributed by atoms with E-state index in [1.54, 1.807) is 25.7 Å². The minimum Gasteiger partial charge on any atom is -0.341 e. The van der Waals surface area contributed by atoms with Crippen molar-refractivity contribution in [2.75, 3.05) is 6.54 Å². The van der Waals surface area contributed by atoms with E-state index in [2.05, 4.69) is 0 Å². The van der Waals surface area contributed by atoms with E-state index in [-0.39, 0.29) is 17.1 Å². The molecule has 4 aromatic rings. The Kier molecular flexibility index (Phi) is 12.5. The van der Waals surface area contributed by atoms with Crippen LogP contribution in [0.5, 0.6) is 0 Å². The van der Waals surface area contributed by atoms with Gasteiger partial charge in [-0.15, -0.1) is 0 Å². The Morgan fingerprint density at radius 3 is 1.23 bits per heavy atom. The molecule has 2 saturated heterocycles. The maximum atomic E-state index is 16.2. The zero-order valence-electron chi connectivity index (χ0n) is 29.3. The molecule has 10 heteroatoms. The van der Waals surface area contributed by atoms with Crippen molar-refractivity contribution < 1.29 is 45.1 Å². The van der Waals surface area contributed by atoms with Gasteiger partial charge >= 0.3 is 24.7 Å². The second-order valence-corrected chi connectivity index (χ2v) is 15.4. The van der Waals surface area contributed by atoms with Gasteiger partial charge in [0.15, 0.2) is 17.0 Å². The Bertz CT molecular complexity index is 1630. The van der Waals surface area contributed by atoms with Crippen LogP contribution in [0.2, 0.25) is 0 Å². The minimum absolute atomic E-state index is 0. The molecule has 2 heterocycles. The van der Waals surface area contributed by atoms with Gasteiger partial charge in [0, 0.05) is 10.8 Å². The summed E-state index contributed by atoms with van der Waals surface area (Å²) in [4.78, 5) is 11.9. The van der Waals surface area contributed by atoms with Crippen LogP contribution < -0.4 is 0 Å². The van der Waals surface area contributed by atoms with Crippen LogP contribution in [0.4, 0.5) is 0 Å². The summed E-state index contributed by atoms with van der Waals surface area (Å²) in [6.07, 6.45) is 15.1. The first-order valence-corrected chi connectivity index (χ1v) is 18.9. The first-order chi connectivity index (χ1) is 25.2. The molecule has 53 heavy (non-hydrogen) atoms. The smallest absolute Gasteiger partial charge is 0.341 e. The molecule has 0 amide bonds. The molecule has 270 valence electrons. The molecule has 0 unspecified atom stereocenters. The van der Waals surface area contributed by atoms with Crippen LogP contribution >= 0.6 is 7.60 Å². The van der Waals surface area contributed by atoms with Crippen molar-refractivity contribution in [2.24, 2.45) is 0 Å². The van der Waals surface area contributed by atoms with Crippen LogP contribution in [0.15, 0.2) is 121 Å². The van der Waals surface area contributed by atoms with Crippen LogP contribution in [-0.4, -0.2) is 35.1 Å². The summed E-state index contributed by atoms with van der Waals surface area (Å²) in [5, 5.41) is 12.4. The van der Waals surface area contributed by atoms with E-state index >= 15 is 4.57 Å². The second-order valence-electron chi connectivity index (χ2n) is 13.3. The summed E-state index contributed by atoms with van der Waals surface area (Å²) < 4.78 is 44.4. The van der Waals surface area contributed by atoms with E-state index in [9.17, 15) is 10.1 Å². The summed E-state index contributed by atoms with van der Waals surface area (Å²) in [5.41, 5.74) is -1.88. The molecular formula is C43H40FeNO7P+2. The molecule has 3 atom stereocenters. The maximum Gasteiger partial charge on any atom is 2.00 e. The summed E-state index contributed by atoms with van der Waals surface area (Å²) in [7, 11) is -4.61. The summed E-state index contributed by atoms with van der Waals surface area (Å²) in [6, 6.07) is 37.7. The number of benzene rings is 4. The molecule has 4 aliphatic rings. The summed E-state index contributed by atoms with van der Waals surface area (Å²) in [5.74, 6) is -0.650. The Hall–Kier alpha value is -3.13. The van der Waals surface area contributed by atoms with E-state index in [4.69, 9.17) is 18.5 Å². The molecular weight excluding hydrogens is 729 g/mol. The third-order valence-corrected chi connectivity index (χ3v) is 11.9. The number of hydrogen-bond acceptors (Lipinski definition) is 7. The summed E-state index contributed by atoms with van der Waals surface area (Å²) >= 11 is 0. The van der Waals surface area contributed by atoms with Crippen molar-refractivity contribution in [3.63, 3.8) is 0 Å². The topological polar surface area (TPSA) is 97.1 Å². The van der Waals surface area contributed by atoms with Crippen molar-refractivity contribution in [1.82, 2.24) is 0 Å². The zero-order valence-corrected chi connectivity index (χ0v) is 31.3. The van der Waals surface area contributed by atoms with Crippen molar-refractivity contribution >= 4 is 7.60 Å². The predicted octanol–water partition coefficient (Wildman–Crippen LogP) is 8.70. The van der Waals surface area contributed by atoms with Crippen molar-refractivity contribution in [3.8, 4) is 0 Å². The van der Waals surface area contributed by atoms with Crippen LogP contribution in [-0.2, 0) is 51.4 Å². The van der Waals surface area contributed by atoms with Gasteiger partial charge in [-0.05, 0) is 93.9 Å². The number of ether oxygens (including phenoxy) is 2. The fourth-order valence-corrected chi connectivity index (χ4v) is 10.0. The molecule has 2 saturated carbocycles. The van der Waals surface area contributed by atoms with Gasteiger partial charge in [0.2, 0.25) is 6.54 Å². The Balaban J connectivity index is 0.000000741. The predicted molar refractivity (Wildman–Crippen MR) is 199 cm³/mol. The SMILES string of the molecule is CC1(C)O[C@@H]2[C@@H](O1)C(c1ccccc1)(c1ccccc1)OP(=O)([C@@H](C[N+](=O)[O-])[C]1[CH][CH][CH][CH]1)OC2(c1ccccc1)c1ccccc1.[CH]1[CH][CH][CH][CH]1.[Fe+2]. The van der Waals surface area contributed by atoms with Gasteiger partial charge in [0.25, 0.3) is 0 Å². The van der Waals surface area contributed by atoms with E-state index in [1.807, 2.05) is 167 Å². The van der Waals surface area contributed by atoms with Crippen LogP contribution in [0, 0.1) is 73.8 Å². The van der Waals surface area contributed by atoms with Crippen LogP contribution in [0.3, 0.4) is 0 Å². The molecule has 4 aromatic carbocycles. The monoisotopic (exact) mass is 769 g/mol. The molecule has 10 radical (unpaired) electrons. The average Bonchev–Trinajstić information content (AvgIpc) is 3.97. The minimum atomic E-state index is -4.61. The van der Waals surface area contributed by atoms with E-state index < -0.39 is 53.9 Å². The number of nitro groups is 1. The molecule has 8 nitrogen and oxygen atoms in total. The first kappa shape index (κ1) is 39.6. The molecule has 2 aliphatic heterocycles. The van der Waals surface area contributed by atoms with Crippen molar-refractivity contribution in [3.05, 3.63) is 217 Å². The third kappa shape index (κ3) is 7.86. The van der Waals surface area contributed by atoms with Gasteiger partial charge in [0.1, 0.15) is 17.9 Å². The molecule has 4 fully saturated rings. The zero-order chi connectivity index (χ0) is 36.2. The molecule has 2 aliphatic carbocycles. The number of fused-ring (bicyclic) bond motifs is 1. The molecule has 0 N–H and O–H groups in total. The van der Waals surface area contributed by atoms with Gasteiger partial charge in [-0.2, -0.15) is 0 Å². The van der Waals surface area contributed by atoms with Crippen LogP contribution in [0.1, 0.15) is 36.1 Å². The van der Waals surface area contributed by atoms with Crippen LogP contribution in [0.25, 0.3) is 0 Å². The van der Waals surface area contributed by atoms with Gasteiger partial charge < -0.3 is 9.47 Å². The number of nitrogens with zero attached hydrogens (tertiary/aromatic N) is 1. The summed E-state index contributed by atoms with van der Waals surface area (Å²) in [6.45, 7) is 2.98. The Morgan fingerprint density at radius 2 is 0.925 bits per heavy atom. The molecule has 0 spiro atoms. The fourth-order valence-electron chi connectivity index (χ4n) is 7.41. The Morgan fingerprint density at radius 1 is 0.604 bits per heavy atom. The number of rotatable bonds is 8. The molecule has 8 rings (SSSR count). The largest absolute Gasteiger partial charge is 2.00 e. The molecule has 0 bridgehead atoms. The first-order valence-electron chi connectivity index (χ1n) is 17.3. The van der Waals surface area contributed by atoms with E-state index in [0.29, 0.717) is 28.2 Å². The van der Waals surface area contributed by atoms with E-state index in [1.165, 1.54) is 0 Å². The van der Waals surface area contributed by atoms with Gasteiger partial charge in [-0.3, -0.25) is 23.7 Å². The third-order valence-electron chi connectivity index (χ3n) is 9.58. The standard InChI is InChI=1S/C38H35NO7P.C5H5.Fe/c1-36(2)43-34-35(44-36)38(31-23-11-5-12-24-31,32-25-13-6-14-26-32)46-47(42,33(27-39(40)41)28-17-15-16-18-28)45-37(34,29-19-7-3-8-20-29)30-21-9-4-10-22-30;1-2-4-5-3-1;/h3-26,33-35H,27H2,1-2H3;1-5H;/q;;+2/t33-,34+,35+;;/m0../s1. The van der Waals surface area contributed by atoms with Gasteiger partial charge in [0.05, 0.1) is 0 Å². The quantitative estimate of drug-likeness (QED) is 0.0766. The second kappa shape index (κ2) is 16.7. The maximum absolute atomic E-state index is 16.2. The van der Waals surface area contributed by atoms with Crippen molar-refractivity contribution in [2.45, 2.75) is 48.7 Å². The number of hydrogen-bond donors (Lipinski definition) is 0. The average molecular weight is 770 g/mol. The Labute approximate surface area is 324 Å². The van der Waals surface area contributed by atoms with E-state index in [0.717, 1.165) is 0 Å². The van der Waals surface area contributed by atoms with Crippen molar-refractivity contribution in [1.29, 1.82) is 0 Å². The fraction of sp³-hybridized carbons (Fsp3) is 0.209. The van der Waals surface area contributed by atoms with Gasteiger partial charge in [-0.1, -0.05) is 121 Å².